The van der Waals surface area contributed by atoms with Crippen molar-refractivity contribution in [2.45, 2.75) is 26.5 Å². The number of para-hydroxylation sites is 1. The number of nitrogens with one attached hydrogen (secondary N) is 1. The monoisotopic (exact) mass is 383 g/mol. The Labute approximate surface area is 164 Å². The van der Waals surface area contributed by atoms with E-state index in [1.54, 1.807) is 21.1 Å². The molecule has 0 unspecified atom stereocenters. The summed E-state index contributed by atoms with van der Waals surface area (Å²) >= 11 is 0. The third kappa shape index (κ3) is 5.23. The van der Waals surface area contributed by atoms with Crippen LogP contribution in [0, 0.1) is 6.92 Å². The molecule has 7 nitrogen and oxygen atoms in total. The summed E-state index contributed by atoms with van der Waals surface area (Å²) in [6, 6.07) is 13.9. The molecule has 0 aliphatic rings. The normalized spacial score (nSPS) is 10.7. The first kappa shape index (κ1) is 19.7. The van der Waals surface area contributed by atoms with Crippen LogP contribution in [0.25, 0.3) is 0 Å². The molecule has 3 rings (SSSR count). The predicted molar refractivity (Wildman–Crippen MR) is 105 cm³/mol. The molecular weight excluding hydrogens is 358 g/mol. The topological polar surface area (TPSA) is 78.6 Å². The Bertz CT molecular complexity index is 895. The fraction of sp³-hybridized carbons (Fsp3) is 0.333. The van der Waals surface area contributed by atoms with Gasteiger partial charge in [0.25, 0.3) is 5.89 Å². The van der Waals surface area contributed by atoms with Gasteiger partial charge in [-0.2, -0.15) is 4.98 Å². The van der Waals surface area contributed by atoms with Crippen molar-refractivity contribution in [1.82, 2.24) is 15.5 Å². The summed E-state index contributed by atoms with van der Waals surface area (Å²) in [5, 5.41) is 7.19. The molecule has 0 atom stereocenters. The number of hydrogen-bond acceptors (Lipinski definition) is 7. The lowest BCUT2D eigenvalue weighted by Gasteiger charge is -2.12. The van der Waals surface area contributed by atoms with Gasteiger partial charge in [-0.3, -0.25) is 0 Å². The molecular formula is C21H25N3O4. The van der Waals surface area contributed by atoms with Gasteiger partial charge in [-0.25, -0.2) is 0 Å². The number of ether oxygens (including phenoxy) is 3. The predicted octanol–water partition coefficient (Wildman–Crippen LogP) is 3.31. The van der Waals surface area contributed by atoms with Crippen molar-refractivity contribution in [2.24, 2.45) is 0 Å². The van der Waals surface area contributed by atoms with Gasteiger partial charge in [0.1, 0.15) is 5.75 Å². The maximum absolute atomic E-state index is 5.74. The van der Waals surface area contributed by atoms with Gasteiger partial charge in [0.15, 0.2) is 23.9 Å². The van der Waals surface area contributed by atoms with Crippen LogP contribution < -0.4 is 19.5 Å². The number of aromatic nitrogens is 2. The molecule has 0 amide bonds. The molecule has 148 valence electrons. The summed E-state index contributed by atoms with van der Waals surface area (Å²) < 4.78 is 21.6. The highest BCUT2D eigenvalue weighted by molar-refractivity contribution is 5.43. The molecule has 0 bridgehead atoms. The van der Waals surface area contributed by atoms with Crippen molar-refractivity contribution in [2.75, 3.05) is 20.8 Å². The second-order valence-electron chi connectivity index (χ2n) is 6.25. The van der Waals surface area contributed by atoms with Crippen LogP contribution in [0.2, 0.25) is 0 Å². The molecule has 0 radical (unpaired) electrons. The van der Waals surface area contributed by atoms with Crippen LogP contribution in [0.15, 0.2) is 47.0 Å². The summed E-state index contributed by atoms with van der Waals surface area (Å²) in [6.07, 6.45) is 0.895. The van der Waals surface area contributed by atoms with E-state index >= 15 is 0 Å². The van der Waals surface area contributed by atoms with Crippen LogP contribution in [-0.2, 0) is 19.6 Å². The van der Waals surface area contributed by atoms with Crippen molar-refractivity contribution < 1.29 is 18.7 Å². The van der Waals surface area contributed by atoms with Gasteiger partial charge in [0.2, 0.25) is 0 Å². The lowest BCUT2D eigenvalue weighted by Crippen LogP contribution is -2.17. The smallest absolute Gasteiger partial charge is 0.264 e. The van der Waals surface area contributed by atoms with Crippen molar-refractivity contribution in [3.8, 4) is 17.2 Å². The highest BCUT2D eigenvalue weighted by Crippen LogP contribution is 2.28. The minimum absolute atomic E-state index is 0.202. The largest absolute Gasteiger partial charge is 0.496 e. The van der Waals surface area contributed by atoms with Crippen LogP contribution in [0.1, 0.15) is 22.8 Å². The Morgan fingerprint density at radius 3 is 2.57 bits per heavy atom. The molecule has 28 heavy (non-hydrogen) atoms. The number of aryl methyl sites for hydroxylation is 1. The van der Waals surface area contributed by atoms with E-state index in [2.05, 4.69) is 21.5 Å². The van der Waals surface area contributed by atoms with E-state index in [4.69, 9.17) is 18.7 Å². The van der Waals surface area contributed by atoms with Crippen LogP contribution in [-0.4, -0.2) is 30.9 Å². The second kappa shape index (κ2) is 9.75. The van der Waals surface area contributed by atoms with Gasteiger partial charge in [0, 0.05) is 6.54 Å². The van der Waals surface area contributed by atoms with Gasteiger partial charge in [0.05, 0.1) is 14.2 Å². The zero-order valence-corrected chi connectivity index (χ0v) is 16.4. The van der Waals surface area contributed by atoms with Crippen LogP contribution in [0.5, 0.6) is 17.2 Å². The molecule has 3 aromatic rings. The van der Waals surface area contributed by atoms with E-state index in [1.165, 1.54) is 5.56 Å². The number of methoxy groups -OCH3 is 2. The average molecular weight is 383 g/mol. The Morgan fingerprint density at radius 1 is 1.00 bits per heavy atom. The maximum atomic E-state index is 5.74. The summed E-state index contributed by atoms with van der Waals surface area (Å²) in [6.45, 7) is 3.54. The van der Waals surface area contributed by atoms with Gasteiger partial charge < -0.3 is 24.1 Å². The quantitative estimate of drug-likeness (QED) is 0.538. The van der Waals surface area contributed by atoms with Gasteiger partial charge in [-0.05, 0) is 49.2 Å². The van der Waals surface area contributed by atoms with E-state index in [0.717, 1.165) is 30.8 Å². The highest BCUT2D eigenvalue weighted by Gasteiger charge is 2.09. The molecule has 0 saturated heterocycles. The first-order chi connectivity index (χ1) is 13.7. The van der Waals surface area contributed by atoms with Crippen molar-refractivity contribution in [1.29, 1.82) is 0 Å². The van der Waals surface area contributed by atoms with Gasteiger partial charge in [-0.15, -0.1) is 0 Å². The van der Waals surface area contributed by atoms with Gasteiger partial charge in [-0.1, -0.05) is 29.4 Å². The first-order valence-electron chi connectivity index (χ1n) is 9.11. The van der Waals surface area contributed by atoms with Gasteiger partial charge >= 0.3 is 0 Å². The Kier molecular flexibility index (Phi) is 6.86. The zero-order valence-electron chi connectivity index (χ0n) is 16.4. The molecule has 0 fully saturated rings. The minimum Gasteiger partial charge on any atom is -0.496 e. The summed E-state index contributed by atoms with van der Waals surface area (Å²) in [7, 11) is 3.32. The number of rotatable bonds is 10. The summed E-state index contributed by atoms with van der Waals surface area (Å²) in [4.78, 5) is 4.12. The maximum Gasteiger partial charge on any atom is 0.264 e. The molecule has 0 saturated carbocycles. The number of benzene rings is 2. The van der Waals surface area contributed by atoms with E-state index < -0.39 is 0 Å². The van der Waals surface area contributed by atoms with E-state index in [1.807, 2.05) is 36.4 Å². The summed E-state index contributed by atoms with van der Waals surface area (Å²) in [5.74, 6) is 3.24. The van der Waals surface area contributed by atoms with Crippen molar-refractivity contribution >= 4 is 0 Å². The fourth-order valence-electron chi connectivity index (χ4n) is 2.84. The Balaban J connectivity index is 1.51. The average Bonchev–Trinajstić information content (AvgIpc) is 3.15. The first-order valence-corrected chi connectivity index (χ1v) is 9.11. The zero-order chi connectivity index (χ0) is 19.8. The highest BCUT2D eigenvalue weighted by atomic mass is 16.5. The lowest BCUT2D eigenvalue weighted by atomic mass is 10.1. The molecule has 1 N–H and O–H groups in total. The third-order valence-corrected chi connectivity index (χ3v) is 4.24. The fourth-order valence-corrected chi connectivity index (χ4v) is 2.84. The minimum atomic E-state index is 0.202. The van der Waals surface area contributed by atoms with Crippen molar-refractivity contribution in [3.05, 3.63) is 65.3 Å². The molecule has 0 aliphatic carbocycles. The molecule has 1 heterocycles. The second-order valence-corrected chi connectivity index (χ2v) is 6.25. The number of hydrogen-bond donors (Lipinski definition) is 1. The number of nitrogens with zero attached hydrogens (tertiary/aromatic N) is 2. The van der Waals surface area contributed by atoms with Crippen LogP contribution in [0.4, 0.5) is 0 Å². The molecule has 7 heteroatoms. The lowest BCUT2D eigenvalue weighted by molar-refractivity contribution is 0.233. The SMILES string of the molecule is COc1ccccc1CCNCc1ccc(OCc2nc(C)no2)c(OC)c1. The Morgan fingerprint density at radius 2 is 1.82 bits per heavy atom. The van der Waals surface area contributed by atoms with E-state index in [9.17, 15) is 0 Å². The molecule has 0 spiro atoms. The van der Waals surface area contributed by atoms with Crippen molar-refractivity contribution in [3.63, 3.8) is 0 Å². The summed E-state index contributed by atoms with van der Waals surface area (Å²) in [5.41, 5.74) is 2.30. The molecule has 0 aliphatic heterocycles. The van der Waals surface area contributed by atoms with Crippen LogP contribution >= 0.6 is 0 Å². The standard InChI is InChI=1S/C21H25N3O4/c1-15-23-21(28-24-15)14-27-19-9-8-16(12-20(19)26-3)13-22-11-10-17-6-4-5-7-18(17)25-2/h4-9,12,22H,10-11,13-14H2,1-3H3. The van der Waals surface area contributed by atoms with Crippen LogP contribution in [0.3, 0.4) is 0 Å². The third-order valence-electron chi connectivity index (χ3n) is 4.24. The molecule has 2 aromatic carbocycles. The Hall–Kier alpha value is -3.06. The van der Waals surface area contributed by atoms with E-state index in [0.29, 0.717) is 23.2 Å². The molecule has 1 aromatic heterocycles. The van der Waals surface area contributed by atoms with E-state index in [-0.39, 0.29) is 6.61 Å².